The number of rotatable bonds is 63. The van der Waals surface area contributed by atoms with E-state index in [1.54, 1.807) is 0 Å². The monoisotopic (exact) mass is 1200 g/mol. The number of nitrogens with zero attached hydrogens (tertiary/aromatic N) is 1. The van der Waals surface area contributed by atoms with E-state index in [-0.39, 0.29) is 31.3 Å². The summed E-state index contributed by atoms with van der Waals surface area (Å²) in [7, 11) is 1.15. The molecule has 85 heavy (non-hydrogen) atoms. The first kappa shape index (κ1) is 81.7. The Balaban J connectivity index is 5.13. The topological polar surface area (TPSA) is 114 Å². The molecule has 0 bridgehead atoms. The van der Waals surface area contributed by atoms with Crippen LogP contribution in [0.4, 0.5) is 0 Å². The predicted molar refractivity (Wildman–Crippen MR) is 367 cm³/mol. The van der Waals surface area contributed by atoms with Gasteiger partial charge in [-0.2, -0.15) is 0 Å². The lowest BCUT2D eigenvalue weighted by Crippen LogP contribution is -2.47. The Morgan fingerprint density at radius 1 is 0.424 bits per heavy atom. The first-order valence-electron chi connectivity index (χ1n) is 35.2. The number of quaternary nitrogens is 1. The highest BCUT2D eigenvalue weighted by Crippen LogP contribution is 2.38. The minimum atomic E-state index is -4.72. The van der Waals surface area contributed by atoms with Crippen LogP contribution < -0.4 is 10.2 Å². The summed E-state index contributed by atoms with van der Waals surface area (Å²) in [5, 5.41) is 3.02. The normalized spacial score (nSPS) is 14.2. The third-order valence-corrected chi connectivity index (χ3v) is 16.2. The van der Waals surface area contributed by atoms with Crippen molar-refractivity contribution in [2.75, 3.05) is 40.9 Å². The predicted octanol–water partition coefficient (Wildman–Crippen LogP) is 21.8. The molecular weight excluding hydrogens is 1070 g/mol. The Labute approximate surface area is 525 Å². The van der Waals surface area contributed by atoms with Crippen LogP contribution in [0.3, 0.4) is 0 Å². The molecule has 0 saturated carbocycles. The van der Waals surface area contributed by atoms with Gasteiger partial charge in [0, 0.05) is 12.8 Å². The number of phosphoric ester groups is 1. The van der Waals surface area contributed by atoms with E-state index in [1.807, 2.05) is 33.3 Å². The lowest BCUT2D eigenvalue weighted by molar-refractivity contribution is -0.870. The van der Waals surface area contributed by atoms with Crippen LogP contribution in [0.15, 0.2) is 109 Å². The number of hydrogen-bond donors (Lipinski definition) is 1. The van der Waals surface area contributed by atoms with E-state index in [0.29, 0.717) is 17.4 Å². The number of carbonyl (C=O) groups is 2. The summed E-state index contributed by atoms with van der Waals surface area (Å²) >= 11 is 0. The van der Waals surface area contributed by atoms with Crippen LogP contribution in [0.2, 0.25) is 0 Å². The number of hydrogen-bond acceptors (Lipinski definition) is 7. The Morgan fingerprint density at radius 3 is 1.16 bits per heavy atom. The fraction of sp³-hybridized carbons (Fsp3) is 0.733. The average molecular weight is 1210 g/mol. The molecule has 3 atom stereocenters. The Morgan fingerprint density at radius 2 is 0.753 bits per heavy atom. The first-order valence-corrected chi connectivity index (χ1v) is 36.7. The molecule has 0 spiro atoms. The third kappa shape index (κ3) is 65.0. The van der Waals surface area contributed by atoms with Gasteiger partial charge in [0.05, 0.1) is 33.8 Å². The number of likely N-dealkylation sites (N-methyl/N-ethyl adjacent to an activating group) is 1. The van der Waals surface area contributed by atoms with E-state index in [9.17, 15) is 19.0 Å². The average Bonchev–Trinajstić information content (AvgIpc) is 3.50. The lowest BCUT2D eigenvalue weighted by atomic mass is 10.0. The van der Waals surface area contributed by atoms with Crippen molar-refractivity contribution in [3.8, 4) is 0 Å². The second-order valence-electron chi connectivity index (χ2n) is 24.6. The second kappa shape index (κ2) is 63.7. The van der Waals surface area contributed by atoms with Gasteiger partial charge in [0.25, 0.3) is 7.82 Å². The molecule has 9 nitrogen and oxygen atoms in total. The van der Waals surface area contributed by atoms with Gasteiger partial charge in [0.1, 0.15) is 19.3 Å². The summed E-state index contributed by atoms with van der Waals surface area (Å²) in [4.78, 5) is 40.2. The standard InChI is InChI=1S/C75H133N2O7P/c1-7-10-13-16-19-22-25-28-30-32-34-35-36-37-38-39-40-41-43-45-47-50-53-56-59-62-65-68-75(79)84-73(66-63-60-57-54-51-48-27-24-21-18-15-12-9-3)72(71-83-85(80,81)82-70-69-77(4,5)6)76-74(78)67-64-61-58-55-52-49-46-44-42-33-31-29-26-23-20-17-14-11-8-2/h11,14,19-20,22-23,28-31,34-35,42,44,49,52,63,66,72-73H,7-10,12-13,15-18,21,24-27,32-33,36-41,43,45-48,50-51,53-62,64-65,67-71H2,1-6H3,(H-,76,78,80,81)/b14-11-,22-19-,23-20-,30-28-,31-29-,35-34-,44-42-,52-49-,66-63-. The van der Waals surface area contributed by atoms with Gasteiger partial charge in [-0.1, -0.05) is 285 Å². The summed E-state index contributed by atoms with van der Waals surface area (Å²) in [6.07, 6.45) is 87.8. The number of nitrogens with one attached hydrogen (secondary N) is 1. The lowest BCUT2D eigenvalue weighted by Gasteiger charge is -2.30. The van der Waals surface area contributed by atoms with E-state index in [2.05, 4.69) is 123 Å². The molecule has 0 radical (unpaired) electrons. The van der Waals surface area contributed by atoms with Gasteiger partial charge in [0.2, 0.25) is 5.91 Å². The Kier molecular flexibility index (Phi) is 61.2. The van der Waals surface area contributed by atoms with Crippen LogP contribution in [0.1, 0.15) is 303 Å². The van der Waals surface area contributed by atoms with Gasteiger partial charge in [-0.25, -0.2) is 0 Å². The van der Waals surface area contributed by atoms with Crippen molar-refractivity contribution in [2.45, 2.75) is 315 Å². The van der Waals surface area contributed by atoms with E-state index in [1.165, 1.54) is 161 Å². The van der Waals surface area contributed by atoms with Gasteiger partial charge >= 0.3 is 5.97 Å². The zero-order valence-electron chi connectivity index (χ0n) is 56.0. The van der Waals surface area contributed by atoms with Crippen molar-refractivity contribution in [3.05, 3.63) is 109 Å². The first-order chi connectivity index (χ1) is 41.4. The maximum absolute atomic E-state index is 13.6. The Hall–Kier alpha value is -3.33. The minimum absolute atomic E-state index is 0.0334. The molecule has 1 amide bonds. The molecule has 0 saturated heterocycles. The molecule has 0 fully saturated rings. The SMILES string of the molecule is CC/C=C\C/C=C\C/C=C\C/C=C\C/C=C\CCCCCC(=O)NC(COP(=O)([O-])OCC[N+](C)(C)C)C(/C=C\CCCCCCCCCCCCC)OC(=O)CCCCCCCCCCCCCCCC/C=C\C/C=C\C/C=C\CCCCC. The van der Waals surface area contributed by atoms with Gasteiger partial charge < -0.3 is 28.5 Å². The van der Waals surface area contributed by atoms with Crippen molar-refractivity contribution < 1.29 is 37.3 Å². The van der Waals surface area contributed by atoms with Gasteiger partial charge in [-0.15, -0.1) is 0 Å². The van der Waals surface area contributed by atoms with E-state index in [0.717, 1.165) is 103 Å². The highest BCUT2D eigenvalue weighted by molar-refractivity contribution is 7.45. The summed E-state index contributed by atoms with van der Waals surface area (Å²) < 4.78 is 30.4. The molecule has 3 unspecified atom stereocenters. The largest absolute Gasteiger partial charge is 0.756 e. The Bertz CT molecular complexity index is 1820. The maximum atomic E-state index is 13.6. The molecule has 0 aromatic rings. The van der Waals surface area contributed by atoms with E-state index < -0.39 is 26.6 Å². The van der Waals surface area contributed by atoms with E-state index in [4.69, 9.17) is 13.8 Å². The highest BCUT2D eigenvalue weighted by atomic mass is 31.2. The molecule has 0 aromatic carbocycles. The number of amides is 1. The minimum Gasteiger partial charge on any atom is -0.756 e. The maximum Gasteiger partial charge on any atom is 0.306 e. The quantitative estimate of drug-likeness (QED) is 0.0212. The molecule has 0 aromatic heterocycles. The molecule has 0 heterocycles. The summed E-state index contributed by atoms with van der Waals surface area (Å²) in [5.41, 5.74) is 0. The molecule has 0 aliphatic rings. The molecule has 0 aliphatic heterocycles. The van der Waals surface area contributed by atoms with Gasteiger partial charge in [-0.05, 0) is 115 Å². The van der Waals surface area contributed by atoms with Crippen LogP contribution in [0, 0.1) is 0 Å². The van der Waals surface area contributed by atoms with Crippen molar-refractivity contribution in [2.24, 2.45) is 0 Å². The van der Waals surface area contributed by atoms with Crippen LogP contribution in [-0.2, 0) is 27.9 Å². The van der Waals surface area contributed by atoms with E-state index >= 15 is 0 Å². The van der Waals surface area contributed by atoms with Gasteiger partial charge in [-0.3, -0.25) is 14.2 Å². The van der Waals surface area contributed by atoms with Crippen LogP contribution in [-0.4, -0.2) is 69.4 Å². The number of unbranched alkanes of at least 4 members (excludes halogenated alkanes) is 31. The van der Waals surface area contributed by atoms with Crippen LogP contribution in [0.5, 0.6) is 0 Å². The van der Waals surface area contributed by atoms with Crippen molar-refractivity contribution >= 4 is 19.7 Å². The molecule has 10 heteroatoms. The van der Waals surface area contributed by atoms with Crippen LogP contribution in [0.25, 0.3) is 0 Å². The number of esters is 1. The fourth-order valence-electron chi connectivity index (χ4n) is 9.79. The van der Waals surface area contributed by atoms with Crippen molar-refractivity contribution in [1.82, 2.24) is 5.32 Å². The van der Waals surface area contributed by atoms with Gasteiger partial charge in [0.15, 0.2) is 0 Å². The number of ether oxygens (including phenoxy) is 1. The number of carbonyl (C=O) groups excluding carboxylic acids is 2. The molecule has 490 valence electrons. The number of allylic oxidation sites excluding steroid dienone is 17. The smallest absolute Gasteiger partial charge is 0.306 e. The van der Waals surface area contributed by atoms with Crippen LogP contribution >= 0.6 is 7.82 Å². The van der Waals surface area contributed by atoms with Crippen molar-refractivity contribution in [1.29, 1.82) is 0 Å². The molecule has 1 N–H and O–H groups in total. The second-order valence-corrected chi connectivity index (χ2v) is 26.1. The summed E-state index contributed by atoms with van der Waals surface area (Å²) in [5.74, 6) is -0.578. The summed E-state index contributed by atoms with van der Waals surface area (Å²) in [6.45, 7) is 6.69. The summed E-state index contributed by atoms with van der Waals surface area (Å²) in [6, 6.07) is -0.913. The van der Waals surface area contributed by atoms with Crippen molar-refractivity contribution in [3.63, 3.8) is 0 Å². The fourth-order valence-corrected chi connectivity index (χ4v) is 10.5. The number of phosphoric acid groups is 1. The third-order valence-electron chi connectivity index (χ3n) is 15.2. The zero-order chi connectivity index (χ0) is 62.1. The molecule has 0 aliphatic carbocycles. The molecule has 0 rings (SSSR count). The highest BCUT2D eigenvalue weighted by Gasteiger charge is 2.27. The zero-order valence-corrected chi connectivity index (χ0v) is 56.9. The molecular formula is C75H133N2O7P.